The largest absolute Gasteiger partial charge is 0.504 e. The van der Waals surface area contributed by atoms with Gasteiger partial charge in [0.2, 0.25) is 5.78 Å². The maximum atomic E-state index is 15.9. The molecule has 4 rings (SSSR count). The lowest BCUT2D eigenvalue weighted by Crippen LogP contribution is -2.37. The van der Waals surface area contributed by atoms with E-state index in [2.05, 4.69) is 0 Å². The molecule has 2 aromatic rings. The highest BCUT2D eigenvalue weighted by Gasteiger charge is 2.45. The molecule has 14 nitrogen and oxygen atoms in total. The molecular formula is C34H32Cl2F2N2O12. The number of Topliss-reactive ketones (excluding diaryl/α,β-unsaturated/α-hetero) is 1. The summed E-state index contributed by atoms with van der Waals surface area (Å²) in [6.07, 6.45) is 1.21. The predicted octanol–water partition coefficient (Wildman–Crippen LogP) is 4.05. The lowest BCUT2D eigenvalue weighted by Gasteiger charge is -2.39. The molecule has 0 saturated heterocycles. The van der Waals surface area contributed by atoms with Gasteiger partial charge in [-0.1, -0.05) is 43.1 Å². The highest BCUT2D eigenvalue weighted by atomic mass is 35.5. The van der Waals surface area contributed by atoms with Crippen molar-refractivity contribution in [1.82, 2.24) is 4.90 Å². The van der Waals surface area contributed by atoms with Gasteiger partial charge in [0.15, 0.2) is 17.4 Å². The Morgan fingerprint density at radius 2 is 1.46 bits per heavy atom. The van der Waals surface area contributed by atoms with Crippen molar-refractivity contribution in [1.29, 1.82) is 0 Å². The standard InChI is InChI=1S/C34H32Cl2F2N2O12/c1-34(2)28-17(10-19(35)32(49)30(28)37)27(18-11-20(36)33(50)31(38)29(18)34)16-3-4-21(40(14-25(45)46)15-26(47)48)22(9-16)52-8-7-51-6-5-39(12-23(41)42)13-24(43)44/h3-4,9-11,49H,5-8,12-15H2,1-2H3,(H,41,42)(H,43,44)(H,45,46)(H,47,48). The number of rotatable bonds is 17. The maximum Gasteiger partial charge on any atom is 0.323 e. The van der Waals surface area contributed by atoms with Gasteiger partial charge >= 0.3 is 23.9 Å². The molecule has 0 spiro atoms. The number of carboxylic acids is 4. The number of aliphatic carboxylic acids is 4. The Hall–Kier alpha value is -5.03. The molecule has 2 aromatic carbocycles. The molecule has 0 fully saturated rings. The number of phenolic OH excluding ortho intramolecular Hbond substituents is 1. The van der Waals surface area contributed by atoms with Crippen molar-refractivity contribution in [2.24, 2.45) is 0 Å². The molecule has 0 unspecified atom stereocenters. The van der Waals surface area contributed by atoms with Gasteiger partial charge in [0.1, 0.15) is 25.4 Å². The van der Waals surface area contributed by atoms with Crippen molar-refractivity contribution in [3.05, 3.63) is 79.9 Å². The summed E-state index contributed by atoms with van der Waals surface area (Å²) in [7, 11) is 0. The summed E-state index contributed by atoms with van der Waals surface area (Å²) < 4.78 is 43.1. The highest BCUT2D eigenvalue weighted by Crippen LogP contribution is 2.55. The third-order valence-electron chi connectivity index (χ3n) is 8.16. The first-order chi connectivity index (χ1) is 24.3. The van der Waals surface area contributed by atoms with Crippen molar-refractivity contribution in [3.63, 3.8) is 0 Å². The zero-order valence-electron chi connectivity index (χ0n) is 27.5. The molecule has 2 aliphatic carbocycles. The van der Waals surface area contributed by atoms with Gasteiger partial charge in [-0.25, -0.2) is 8.78 Å². The van der Waals surface area contributed by atoms with Crippen LogP contribution >= 0.6 is 23.2 Å². The van der Waals surface area contributed by atoms with E-state index in [4.69, 9.17) is 42.9 Å². The summed E-state index contributed by atoms with van der Waals surface area (Å²) in [4.78, 5) is 60.4. The van der Waals surface area contributed by atoms with Crippen LogP contribution in [0.4, 0.5) is 14.5 Å². The number of phenols is 1. The van der Waals surface area contributed by atoms with Crippen LogP contribution in [0.3, 0.4) is 0 Å². The summed E-state index contributed by atoms with van der Waals surface area (Å²) in [6, 6.07) is 5.35. The first-order valence-electron chi connectivity index (χ1n) is 15.3. The number of carbonyl (C=O) groups is 5. The number of aromatic hydroxyl groups is 1. The fourth-order valence-electron chi connectivity index (χ4n) is 6.11. The van der Waals surface area contributed by atoms with Crippen molar-refractivity contribution >= 4 is 64.1 Å². The van der Waals surface area contributed by atoms with E-state index in [1.54, 1.807) is 0 Å². The first-order valence-corrected chi connectivity index (χ1v) is 16.1. The van der Waals surface area contributed by atoms with Crippen molar-refractivity contribution < 1.29 is 67.8 Å². The number of ether oxygens (including phenoxy) is 2. The van der Waals surface area contributed by atoms with E-state index in [0.29, 0.717) is 0 Å². The molecule has 18 heteroatoms. The fourth-order valence-corrected chi connectivity index (χ4v) is 6.49. The molecule has 2 aliphatic rings. The van der Waals surface area contributed by atoms with Crippen LogP contribution in [0.1, 0.15) is 30.5 Å². The third kappa shape index (κ3) is 8.53. The number of hydrogen-bond donors (Lipinski definition) is 5. The van der Waals surface area contributed by atoms with Crippen LogP contribution in [0, 0.1) is 5.82 Å². The van der Waals surface area contributed by atoms with Crippen molar-refractivity contribution in [2.45, 2.75) is 19.3 Å². The van der Waals surface area contributed by atoms with Gasteiger partial charge in [0, 0.05) is 23.1 Å². The first kappa shape index (κ1) is 39.8. The molecule has 0 saturated carbocycles. The van der Waals surface area contributed by atoms with Gasteiger partial charge in [-0.15, -0.1) is 0 Å². The minimum absolute atomic E-state index is 0.00568. The minimum atomic E-state index is -1.55. The van der Waals surface area contributed by atoms with Gasteiger partial charge in [-0.05, 0) is 46.5 Å². The Balaban J connectivity index is 1.82. The van der Waals surface area contributed by atoms with Crippen LogP contribution in [-0.2, 0) is 34.1 Å². The number of ketones is 1. The number of benzene rings is 2. The Kier molecular flexibility index (Phi) is 12.3. The highest BCUT2D eigenvalue weighted by molar-refractivity contribution is 6.45. The molecule has 0 heterocycles. The smallest absolute Gasteiger partial charge is 0.323 e. The summed E-state index contributed by atoms with van der Waals surface area (Å²) in [5.41, 5.74) is -1.55. The second-order valence-electron chi connectivity index (χ2n) is 12.2. The van der Waals surface area contributed by atoms with E-state index in [1.165, 1.54) is 44.2 Å². The Bertz CT molecular complexity index is 1910. The summed E-state index contributed by atoms with van der Waals surface area (Å²) in [6.45, 7) is -0.302. The second-order valence-corrected chi connectivity index (χ2v) is 13.0. The quantitative estimate of drug-likeness (QED) is 0.144. The molecule has 0 radical (unpaired) electrons. The lowest BCUT2D eigenvalue weighted by atomic mass is 9.64. The molecule has 0 aliphatic heterocycles. The predicted molar refractivity (Wildman–Crippen MR) is 181 cm³/mol. The molecule has 5 N–H and O–H groups in total. The van der Waals surface area contributed by atoms with Gasteiger partial charge < -0.3 is 39.9 Å². The number of carbonyl (C=O) groups excluding carboxylic acids is 1. The van der Waals surface area contributed by atoms with E-state index in [9.17, 15) is 39.3 Å². The van der Waals surface area contributed by atoms with E-state index < -0.39 is 83.7 Å². The van der Waals surface area contributed by atoms with Gasteiger partial charge in [0.05, 0.1) is 42.0 Å². The van der Waals surface area contributed by atoms with E-state index >= 15 is 8.78 Å². The molecule has 0 aromatic heterocycles. The van der Waals surface area contributed by atoms with Crippen LogP contribution in [-0.4, -0.2) is 113 Å². The molecule has 0 amide bonds. The van der Waals surface area contributed by atoms with Crippen LogP contribution in [0.2, 0.25) is 5.02 Å². The number of nitrogens with zero attached hydrogens (tertiary/aromatic N) is 2. The topological polar surface area (TPSA) is 211 Å². The monoisotopic (exact) mass is 768 g/mol. The molecule has 0 atom stereocenters. The average molecular weight is 770 g/mol. The van der Waals surface area contributed by atoms with Crippen molar-refractivity contribution in [2.75, 3.05) is 57.4 Å². The van der Waals surface area contributed by atoms with Crippen LogP contribution in [0.5, 0.6) is 11.5 Å². The Morgan fingerprint density at radius 1 is 0.865 bits per heavy atom. The molecular weight excluding hydrogens is 737 g/mol. The van der Waals surface area contributed by atoms with E-state index in [-0.39, 0.29) is 76.2 Å². The third-order valence-corrected chi connectivity index (χ3v) is 8.72. The van der Waals surface area contributed by atoms with E-state index in [1.807, 2.05) is 0 Å². The van der Waals surface area contributed by atoms with Crippen molar-refractivity contribution in [3.8, 4) is 11.5 Å². The van der Waals surface area contributed by atoms with Gasteiger partial charge in [-0.3, -0.25) is 28.9 Å². The van der Waals surface area contributed by atoms with Crippen LogP contribution in [0.25, 0.3) is 5.57 Å². The SMILES string of the molecule is CC1(C)C2=C(F)C(=O)C(Cl)=CC2=C(c2ccc(N(CC(=O)O)CC(=O)O)c(OCCOCCN(CC(=O)O)CC(=O)O)c2)c2cc(Cl)c(O)c(F)c21. The minimum Gasteiger partial charge on any atom is -0.504 e. The van der Waals surface area contributed by atoms with Crippen LogP contribution < -0.4 is 9.64 Å². The zero-order chi connectivity index (χ0) is 38.7. The van der Waals surface area contributed by atoms with E-state index in [0.717, 1.165) is 9.80 Å². The van der Waals surface area contributed by atoms with Gasteiger partial charge in [0.25, 0.3) is 0 Å². The van der Waals surface area contributed by atoms with Crippen LogP contribution in [0.15, 0.2) is 52.3 Å². The fraction of sp³-hybridized carbons (Fsp3) is 0.324. The molecule has 0 bridgehead atoms. The average Bonchev–Trinajstić information content (AvgIpc) is 3.02. The number of fused-ring (bicyclic) bond motifs is 2. The molecule has 278 valence electrons. The Labute approximate surface area is 304 Å². The summed E-state index contributed by atoms with van der Waals surface area (Å²) >= 11 is 12.4. The normalized spacial score (nSPS) is 14.9. The number of hydrogen-bond acceptors (Lipinski definition) is 10. The number of carboxylic acid groups (broad SMARTS) is 4. The lowest BCUT2D eigenvalue weighted by molar-refractivity contribution is -0.142. The molecule has 52 heavy (non-hydrogen) atoms. The van der Waals surface area contributed by atoms with Gasteiger partial charge in [-0.2, -0.15) is 0 Å². The summed E-state index contributed by atoms with van der Waals surface area (Å²) in [5.74, 6) is -9.79. The summed E-state index contributed by atoms with van der Waals surface area (Å²) in [5, 5.41) is 46.7. The number of anilines is 1. The number of allylic oxidation sites excluding steroid dienone is 5. The second kappa shape index (κ2) is 16.1. The maximum absolute atomic E-state index is 15.9. The zero-order valence-corrected chi connectivity index (χ0v) is 29.1. The number of halogens is 4. The Morgan fingerprint density at radius 3 is 2.04 bits per heavy atom.